The lowest BCUT2D eigenvalue weighted by Crippen LogP contribution is -2.43. The zero-order valence-electron chi connectivity index (χ0n) is 12.3. The molecule has 0 radical (unpaired) electrons. The van der Waals surface area contributed by atoms with Crippen LogP contribution in [0.2, 0.25) is 18.1 Å². The molecule has 0 aromatic carbocycles. The minimum absolute atomic E-state index is 0.301. The van der Waals surface area contributed by atoms with Crippen molar-refractivity contribution in [2.75, 3.05) is 0 Å². The van der Waals surface area contributed by atoms with E-state index in [1.807, 2.05) is 0 Å². The molecule has 0 N–H and O–H groups in total. The van der Waals surface area contributed by atoms with Crippen LogP contribution in [0.4, 0.5) is 0 Å². The molecule has 0 aliphatic heterocycles. The topological polar surface area (TPSA) is 9.23 Å². The Hall–Kier alpha value is 0.647. The molecule has 0 spiro atoms. The second kappa shape index (κ2) is 7.95. The lowest BCUT2D eigenvalue weighted by Gasteiger charge is -2.38. The van der Waals surface area contributed by atoms with Crippen LogP contribution in [0, 0.1) is 0 Å². The van der Waals surface area contributed by atoms with Gasteiger partial charge in [-0.1, -0.05) is 75.6 Å². The van der Waals surface area contributed by atoms with Crippen LogP contribution in [0.25, 0.3) is 0 Å². The largest absolute Gasteiger partial charge is 0.411 e. The average Bonchev–Trinajstić information content (AvgIpc) is 2.16. The van der Waals surface area contributed by atoms with Crippen LogP contribution in [-0.4, -0.2) is 14.4 Å². The molecular formula is C14H29IOSi. The molecule has 102 valence electrons. The summed E-state index contributed by atoms with van der Waals surface area (Å²) in [5.74, 6) is 0. The van der Waals surface area contributed by atoms with Crippen LogP contribution in [0.3, 0.4) is 0 Å². The Bertz CT molecular complexity index is 231. The number of halogens is 1. The van der Waals surface area contributed by atoms with E-state index in [-0.39, 0.29) is 0 Å². The third-order valence-corrected chi connectivity index (χ3v) is 8.55. The molecule has 0 amide bonds. The van der Waals surface area contributed by atoms with E-state index in [0.29, 0.717) is 11.1 Å². The average molecular weight is 368 g/mol. The monoisotopic (exact) mass is 368 g/mol. The molecule has 1 nitrogen and oxygen atoms in total. The first-order chi connectivity index (χ1) is 7.74. The van der Waals surface area contributed by atoms with E-state index in [4.69, 9.17) is 4.43 Å². The van der Waals surface area contributed by atoms with Gasteiger partial charge in [0.25, 0.3) is 0 Å². The molecular weight excluding hydrogens is 339 g/mol. The van der Waals surface area contributed by atoms with Crippen molar-refractivity contribution in [1.82, 2.24) is 0 Å². The Morgan fingerprint density at radius 1 is 1.24 bits per heavy atom. The van der Waals surface area contributed by atoms with E-state index in [9.17, 15) is 0 Å². The van der Waals surface area contributed by atoms with E-state index >= 15 is 0 Å². The van der Waals surface area contributed by atoms with Crippen molar-refractivity contribution < 1.29 is 4.43 Å². The fourth-order valence-electron chi connectivity index (χ4n) is 1.43. The molecule has 0 aromatic rings. The summed E-state index contributed by atoms with van der Waals surface area (Å²) in [5, 5.41) is 0.301. The van der Waals surface area contributed by atoms with Crippen molar-refractivity contribution in [3.05, 3.63) is 10.2 Å². The fourth-order valence-corrected chi connectivity index (χ4v) is 3.20. The van der Waals surface area contributed by atoms with Crippen molar-refractivity contribution in [2.45, 2.75) is 77.6 Å². The van der Waals surface area contributed by atoms with Crippen LogP contribution in [0.1, 0.15) is 53.4 Å². The normalized spacial score (nSPS) is 15.5. The van der Waals surface area contributed by atoms with Crippen molar-refractivity contribution >= 4 is 30.9 Å². The molecule has 0 aliphatic carbocycles. The van der Waals surface area contributed by atoms with Gasteiger partial charge in [-0.15, -0.1) is 0 Å². The third kappa shape index (κ3) is 6.96. The van der Waals surface area contributed by atoms with E-state index < -0.39 is 8.32 Å². The van der Waals surface area contributed by atoms with E-state index in [1.165, 1.54) is 25.7 Å². The minimum Gasteiger partial charge on any atom is -0.411 e. The molecule has 0 fully saturated rings. The van der Waals surface area contributed by atoms with Gasteiger partial charge in [-0.25, -0.2) is 0 Å². The Kier molecular flexibility index (Phi) is 8.25. The van der Waals surface area contributed by atoms with E-state index in [1.54, 1.807) is 0 Å². The Morgan fingerprint density at radius 3 is 2.24 bits per heavy atom. The molecule has 0 saturated heterocycles. The van der Waals surface area contributed by atoms with Crippen molar-refractivity contribution in [1.29, 1.82) is 0 Å². The zero-order valence-corrected chi connectivity index (χ0v) is 15.5. The number of rotatable bonds is 7. The summed E-state index contributed by atoms with van der Waals surface area (Å²) < 4.78 is 8.54. The second-order valence-electron chi connectivity index (χ2n) is 6.23. The number of hydrogen-bond donors (Lipinski definition) is 0. The highest BCUT2D eigenvalue weighted by Gasteiger charge is 2.38. The highest BCUT2D eigenvalue weighted by Crippen LogP contribution is 2.38. The summed E-state index contributed by atoms with van der Waals surface area (Å²) in [7, 11) is -1.62. The quantitative estimate of drug-likeness (QED) is 0.309. The minimum atomic E-state index is -1.62. The maximum Gasteiger partial charge on any atom is 0.192 e. The van der Waals surface area contributed by atoms with E-state index in [2.05, 4.69) is 73.5 Å². The molecule has 17 heavy (non-hydrogen) atoms. The predicted molar refractivity (Wildman–Crippen MR) is 89.4 cm³/mol. The Labute approximate surface area is 123 Å². The molecule has 0 aromatic heterocycles. The highest BCUT2D eigenvalue weighted by molar-refractivity contribution is 14.1. The van der Waals surface area contributed by atoms with Crippen molar-refractivity contribution in [3.8, 4) is 0 Å². The zero-order chi connectivity index (χ0) is 13.5. The first kappa shape index (κ1) is 17.6. The van der Waals surface area contributed by atoms with Gasteiger partial charge in [0.05, 0.1) is 6.10 Å². The smallest absolute Gasteiger partial charge is 0.192 e. The first-order valence-electron chi connectivity index (χ1n) is 6.69. The summed E-state index contributed by atoms with van der Waals surface area (Å²) in [5.41, 5.74) is 0. The lowest BCUT2D eigenvalue weighted by atomic mass is 10.1. The molecule has 0 rings (SSSR count). The molecule has 0 unspecified atom stereocenters. The van der Waals surface area contributed by atoms with Crippen LogP contribution in [-0.2, 0) is 4.43 Å². The molecule has 0 saturated carbocycles. The van der Waals surface area contributed by atoms with Crippen molar-refractivity contribution in [3.63, 3.8) is 0 Å². The predicted octanol–water partition coefficient (Wildman–Crippen LogP) is 5.91. The third-order valence-electron chi connectivity index (χ3n) is 3.63. The summed E-state index contributed by atoms with van der Waals surface area (Å²) in [4.78, 5) is 0. The van der Waals surface area contributed by atoms with Crippen LogP contribution in [0.5, 0.6) is 0 Å². The maximum absolute atomic E-state index is 6.44. The van der Waals surface area contributed by atoms with Crippen LogP contribution in [0.15, 0.2) is 10.2 Å². The van der Waals surface area contributed by atoms with Gasteiger partial charge in [0, 0.05) is 0 Å². The van der Waals surface area contributed by atoms with Gasteiger partial charge in [0.1, 0.15) is 0 Å². The van der Waals surface area contributed by atoms with Crippen molar-refractivity contribution in [2.24, 2.45) is 0 Å². The Morgan fingerprint density at radius 2 is 1.82 bits per heavy atom. The molecule has 0 aliphatic rings. The Balaban J connectivity index is 4.43. The standard InChI is InChI=1S/C14H29IOSi/c1-7-8-9-10-13(11-12-15)16-17(5,6)14(2,3)4/h11-13H,7-10H2,1-6H3/b12-11+/t13-/m1/s1. The molecule has 1 atom stereocenters. The summed E-state index contributed by atoms with van der Waals surface area (Å²) in [6.45, 7) is 13.8. The number of unbranched alkanes of at least 4 members (excludes halogenated alkanes) is 2. The molecule has 0 bridgehead atoms. The van der Waals surface area contributed by atoms with E-state index in [0.717, 1.165) is 0 Å². The maximum atomic E-state index is 6.44. The van der Waals surface area contributed by atoms with Crippen LogP contribution >= 0.6 is 22.6 Å². The van der Waals surface area contributed by atoms with Gasteiger partial charge in [-0.3, -0.25) is 0 Å². The van der Waals surface area contributed by atoms with Gasteiger partial charge < -0.3 is 4.43 Å². The van der Waals surface area contributed by atoms with Gasteiger partial charge in [-0.2, -0.15) is 0 Å². The summed E-state index contributed by atoms with van der Waals surface area (Å²) in [6, 6.07) is 0. The SMILES string of the molecule is CCCCC[C@H](/C=C/I)O[Si](C)(C)C(C)(C)C. The molecule has 0 heterocycles. The summed E-state index contributed by atoms with van der Waals surface area (Å²) >= 11 is 2.29. The second-order valence-corrected chi connectivity index (χ2v) is 11.7. The number of hydrogen-bond acceptors (Lipinski definition) is 1. The van der Waals surface area contributed by atoms with Gasteiger partial charge in [0.15, 0.2) is 8.32 Å². The van der Waals surface area contributed by atoms with Gasteiger partial charge in [-0.05, 0) is 28.6 Å². The van der Waals surface area contributed by atoms with Gasteiger partial charge in [0.2, 0.25) is 0 Å². The first-order valence-corrected chi connectivity index (χ1v) is 10.8. The van der Waals surface area contributed by atoms with Gasteiger partial charge >= 0.3 is 0 Å². The fraction of sp³-hybridized carbons (Fsp3) is 0.857. The molecule has 3 heteroatoms. The van der Waals surface area contributed by atoms with Crippen LogP contribution < -0.4 is 0 Å². The lowest BCUT2D eigenvalue weighted by molar-refractivity contribution is 0.211. The highest BCUT2D eigenvalue weighted by atomic mass is 127. The summed E-state index contributed by atoms with van der Waals surface area (Å²) in [6.07, 6.45) is 7.57.